The number of carbonyl (C=O) groups is 1. The molecule has 1 saturated heterocycles. The molecular formula is C27H28FN3O4S. The van der Waals surface area contributed by atoms with Crippen molar-refractivity contribution >= 4 is 28.1 Å². The van der Waals surface area contributed by atoms with E-state index >= 15 is 0 Å². The molecule has 1 atom stereocenters. The Morgan fingerprint density at radius 2 is 1.83 bits per heavy atom. The second-order valence-electron chi connectivity index (χ2n) is 9.30. The van der Waals surface area contributed by atoms with Crippen LogP contribution in [0.4, 0.5) is 4.39 Å². The number of amides is 1. The van der Waals surface area contributed by atoms with Crippen LogP contribution in [0.15, 0.2) is 57.9 Å². The average Bonchev–Trinajstić information content (AvgIpc) is 3.28. The predicted octanol–water partition coefficient (Wildman–Crippen LogP) is 4.28. The minimum Gasteiger partial charge on any atom is -0.355 e. The molecule has 1 amide bonds. The van der Waals surface area contributed by atoms with E-state index in [9.17, 15) is 17.6 Å². The maximum atomic E-state index is 14.0. The van der Waals surface area contributed by atoms with E-state index in [1.807, 2.05) is 23.1 Å². The number of sulfonamides is 1. The molecule has 2 aliphatic rings. The topological polar surface area (TPSA) is 83.7 Å². The molecule has 0 saturated carbocycles. The van der Waals surface area contributed by atoms with Crippen LogP contribution < -0.4 is 0 Å². The van der Waals surface area contributed by atoms with Crippen LogP contribution in [-0.2, 0) is 27.8 Å². The van der Waals surface area contributed by atoms with Crippen molar-refractivity contribution in [1.82, 2.24) is 14.4 Å². The van der Waals surface area contributed by atoms with Gasteiger partial charge in [0, 0.05) is 31.7 Å². The van der Waals surface area contributed by atoms with Gasteiger partial charge in [-0.15, -0.1) is 0 Å². The summed E-state index contributed by atoms with van der Waals surface area (Å²) in [7, 11) is -3.98. The largest absolute Gasteiger partial charge is 0.355 e. The maximum Gasteiger partial charge on any atom is 0.248 e. The zero-order valence-electron chi connectivity index (χ0n) is 20.1. The van der Waals surface area contributed by atoms with E-state index < -0.39 is 21.8 Å². The lowest BCUT2D eigenvalue weighted by Gasteiger charge is -2.36. The van der Waals surface area contributed by atoms with Crippen LogP contribution in [0.3, 0.4) is 0 Å². The van der Waals surface area contributed by atoms with Gasteiger partial charge in [0.1, 0.15) is 11.5 Å². The number of carbonyl (C=O) groups excluding carboxylic acids is 1. The van der Waals surface area contributed by atoms with Gasteiger partial charge in [0.15, 0.2) is 10.7 Å². The second kappa shape index (κ2) is 9.99. The number of rotatable bonds is 5. The Hall–Kier alpha value is -3.30. The number of aromatic nitrogens is 1. The molecule has 1 aromatic heterocycles. The van der Waals surface area contributed by atoms with Gasteiger partial charge in [-0.25, -0.2) is 12.8 Å². The Labute approximate surface area is 210 Å². The van der Waals surface area contributed by atoms with Crippen molar-refractivity contribution in [2.24, 2.45) is 5.92 Å². The van der Waals surface area contributed by atoms with Crippen molar-refractivity contribution in [3.63, 3.8) is 0 Å². The third-order valence-corrected chi connectivity index (χ3v) is 8.95. The first-order valence-electron chi connectivity index (χ1n) is 12.1. The minimum absolute atomic E-state index is 0.00823. The Balaban J connectivity index is 1.35. The van der Waals surface area contributed by atoms with Gasteiger partial charge in [0.25, 0.3) is 0 Å². The van der Waals surface area contributed by atoms with Gasteiger partial charge in [-0.2, -0.15) is 4.31 Å². The number of piperidine rings is 1. The molecule has 0 aliphatic carbocycles. The van der Waals surface area contributed by atoms with Gasteiger partial charge in [-0.3, -0.25) is 4.79 Å². The van der Waals surface area contributed by atoms with E-state index in [0.717, 1.165) is 12.0 Å². The molecule has 0 bridgehead atoms. The van der Waals surface area contributed by atoms with Crippen LogP contribution in [-0.4, -0.2) is 48.3 Å². The van der Waals surface area contributed by atoms with E-state index in [1.54, 1.807) is 25.1 Å². The summed E-state index contributed by atoms with van der Waals surface area (Å²) in [6.45, 7) is 3.17. The molecule has 1 fully saturated rings. The molecule has 36 heavy (non-hydrogen) atoms. The Bertz CT molecular complexity index is 1420. The number of benzene rings is 2. The first kappa shape index (κ1) is 24.4. The van der Waals surface area contributed by atoms with Crippen LogP contribution >= 0.6 is 0 Å². The Morgan fingerprint density at radius 3 is 2.64 bits per heavy atom. The highest BCUT2D eigenvalue weighted by Crippen LogP contribution is 2.31. The van der Waals surface area contributed by atoms with Crippen molar-refractivity contribution in [3.05, 3.63) is 82.5 Å². The van der Waals surface area contributed by atoms with Gasteiger partial charge >= 0.3 is 0 Å². The van der Waals surface area contributed by atoms with Crippen LogP contribution in [0, 0.1) is 18.7 Å². The number of aryl methyl sites for hydroxylation is 1. The van der Waals surface area contributed by atoms with Crippen molar-refractivity contribution in [2.75, 3.05) is 19.6 Å². The highest BCUT2D eigenvalue weighted by Gasteiger charge is 2.38. The molecule has 3 aromatic rings. The fourth-order valence-corrected chi connectivity index (χ4v) is 6.78. The summed E-state index contributed by atoms with van der Waals surface area (Å²) in [5.41, 5.74) is 2.93. The normalized spacial score (nSPS) is 18.9. The van der Waals surface area contributed by atoms with E-state index in [1.165, 1.54) is 28.1 Å². The monoisotopic (exact) mass is 509 g/mol. The third kappa shape index (κ3) is 4.73. The number of nitrogens with zero attached hydrogens (tertiary/aromatic N) is 3. The van der Waals surface area contributed by atoms with Gasteiger partial charge in [0.05, 0.1) is 5.92 Å². The van der Waals surface area contributed by atoms with E-state index in [0.29, 0.717) is 38.0 Å². The van der Waals surface area contributed by atoms with Gasteiger partial charge in [-0.05, 0) is 55.5 Å². The standard InChI is InChI=1S/C27H28FN3O4S/c1-19-26(25(35-29-19)13-12-21-8-4-5-11-24(21)28)36(33,34)31-15-6-10-23(18-31)27(32)30-16-14-20-7-2-3-9-22(20)17-30/h2-5,7-9,11-13,23H,6,10,14-18H2,1H3/b13-12+. The Kier molecular flexibility index (Phi) is 6.77. The second-order valence-corrected chi connectivity index (χ2v) is 11.2. The molecule has 7 nitrogen and oxygen atoms in total. The summed E-state index contributed by atoms with van der Waals surface area (Å²) in [6.07, 6.45) is 4.92. The zero-order valence-corrected chi connectivity index (χ0v) is 20.9. The molecule has 2 aliphatic heterocycles. The van der Waals surface area contributed by atoms with Crippen LogP contribution in [0.2, 0.25) is 0 Å². The van der Waals surface area contributed by atoms with Crippen LogP contribution in [0.1, 0.15) is 41.0 Å². The van der Waals surface area contributed by atoms with Crippen molar-refractivity contribution < 1.29 is 22.1 Å². The molecule has 0 N–H and O–H groups in total. The predicted molar refractivity (Wildman–Crippen MR) is 134 cm³/mol. The first-order chi connectivity index (χ1) is 17.3. The van der Waals surface area contributed by atoms with Crippen molar-refractivity contribution in [2.45, 2.75) is 37.6 Å². The van der Waals surface area contributed by atoms with Gasteiger partial charge < -0.3 is 9.42 Å². The molecule has 2 aromatic carbocycles. The molecule has 0 radical (unpaired) electrons. The summed E-state index contributed by atoms with van der Waals surface area (Å²) < 4.78 is 48.0. The lowest BCUT2D eigenvalue weighted by atomic mass is 9.95. The molecule has 3 heterocycles. The molecule has 188 valence electrons. The van der Waals surface area contributed by atoms with Gasteiger partial charge in [0.2, 0.25) is 15.9 Å². The minimum atomic E-state index is -3.98. The number of fused-ring (bicyclic) bond motifs is 1. The van der Waals surface area contributed by atoms with E-state index in [-0.39, 0.29) is 28.8 Å². The highest BCUT2D eigenvalue weighted by molar-refractivity contribution is 7.89. The zero-order chi connectivity index (χ0) is 25.3. The summed E-state index contributed by atoms with van der Waals surface area (Å²) in [5, 5.41) is 3.86. The first-order valence-corrected chi connectivity index (χ1v) is 13.5. The fraction of sp³-hybridized carbons (Fsp3) is 0.333. The molecule has 1 unspecified atom stereocenters. The summed E-state index contributed by atoms with van der Waals surface area (Å²) in [4.78, 5) is 15.2. The molecule has 5 rings (SSSR count). The molecule has 0 spiro atoms. The quantitative estimate of drug-likeness (QED) is 0.513. The summed E-state index contributed by atoms with van der Waals surface area (Å²) in [6, 6.07) is 14.3. The Morgan fingerprint density at radius 1 is 1.08 bits per heavy atom. The lowest BCUT2D eigenvalue weighted by Crippen LogP contribution is -2.47. The van der Waals surface area contributed by atoms with Crippen LogP contribution in [0.5, 0.6) is 0 Å². The molecular weight excluding hydrogens is 481 g/mol. The number of hydrogen-bond donors (Lipinski definition) is 0. The fourth-order valence-electron chi connectivity index (χ4n) is 5.01. The molecule has 9 heteroatoms. The van der Waals surface area contributed by atoms with Gasteiger partial charge in [-0.1, -0.05) is 47.6 Å². The van der Waals surface area contributed by atoms with Crippen molar-refractivity contribution in [3.8, 4) is 0 Å². The average molecular weight is 510 g/mol. The van der Waals surface area contributed by atoms with E-state index in [2.05, 4.69) is 11.2 Å². The SMILES string of the molecule is Cc1noc(/C=C/c2ccccc2F)c1S(=O)(=O)N1CCCC(C(=O)N2CCc3ccccc3C2)C1. The van der Waals surface area contributed by atoms with Crippen molar-refractivity contribution in [1.29, 1.82) is 0 Å². The number of halogens is 1. The van der Waals surface area contributed by atoms with E-state index in [4.69, 9.17) is 4.52 Å². The third-order valence-electron chi connectivity index (χ3n) is 6.93. The highest BCUT2D eigenvalue weighted by atomic mass is 32.2. The lowest BCUT2D eigenvalue weighted by molar-refractivity contribution is -0.137. The maximum absolute atomic E-state index is 14.0. The summed E-state index contributed by atoms with van der Waals surface area (Å²) in [5.74, 6) is -0.800. The summed E-state index contributed by atoms with van der Waals surface area (Å²) >= 11 is 0. The number of hydrogen-bond acceptors (Lipinski definition) is 5. The smallest absolute Gasteiger partial charge is 0.248 e. The van der Waals surface area contributed by atoms with Crippen LogP contribution in [0.25, 0.3) is 12.2 Å².